The van der Waals surface area contributed by atoms with Gasteiger partial charge in [-0.1, -0.05) is 109 Å². The zero-order valence-electron chi connectivity index (χ0n) is 24.6. The molecule has 1 aliphatic heterocycles. The summed E-state index contributed by atoms with van der Waals surface area (Å²) in [6.07, 6.45) is 16.7. The second kappa shape index (κ2) is 11.4. The van der Waals surface area contributed by atoms with Crippen molar-refractivity contribution in [2.45, 2.75) is 18.8 Å². The van der Waals surface area contributed by atoms with E-state index in [0.717, 1.165) is 45.6 Å². The molecule has 5 nitrogen and oxygen atoms in total. The Morgan fingerprint density at radius 3 is 1.87 bits per heavy atom. The van der Waals surface area contributed by atoms with Gasteiger partial charge in [-0.3, -0.25) is 9.69 Å². The molecule has 0 radical (unpaired) electrons. The highest BCUT2D eigenvalue weighted by atomic mass is 16.2. The van der Waals surface area contributed by atoms with Gasteiger partial charge in [0.2, 0.25) is 5.91 Å². The Bertz CT molecular complexity index is 1970. The van der Waals surface area contributed by atoms with E-state index in [1.165, 1.54) is 5.56 Å². The van der Waals surface area contributed by atoms with Gasteiger partial charge in [0.15, 0.2) is 17.5 Å². The maximum Gasteiger partial charge on any atom is 0.239 e. The second-order valence-corrected chi connectivity index (χ2v) is 11.5. The third-order valence-corrected chi connectivity index (χ3v) is 8.74. The molecular weight excluding hydrogens is 552 g/mol. The number of benzene rings is 4. The van der Waals surface area contributed by atoms with Crippen LogP contribution >= 0.6 is 0 Å². The van der Waals surface area contributed by atoms with E-state index in [-0.39, 0.29) is 11.8 Å². The predicted octanol–water partition coefficient (Wildman–Crippen LogP) is 9.11. The van der Waals surface area contributed by atoms with E-state index >= 15 is 0 Å². The summed E-state index contributed by atoms with van der Waals surface area (Å²) >= 11 is 0. The molecular formula is C40H30N4O. The maximum absolute atomic E-state index is 14.1. The summed E-state index contributed by atoms with van der Waals surface area (Å²) in [6.45, 7) is 0. The first-order valence-corrected chi connectivity index (χ1v) is 15.4. The van der Waals surface area contributed by atoms with Crippen LogP contribution in [0.5, 0.6) is 0 Å². The number of carbonyl (C=O) groups is 1. The van der Waals surface area contributed by atoms with Gasteiger partial charge in [-0.05, 0) is 60.4 Å². The van der Waals surface area contributed by atoms with Crippen LogP contribution in [0.3, 0.4) is 0 Å². The number of allylic oxidation sites excluding steroid dienone is 7. The van der Waals surface area contributed by atoms with Crippen molar-refractivity contribution in [1.82, 2.24) is 15.0 Å². The molecule has 1 amide bonds. The van der Waals surface area contributed by atoms with E-state index in [1.54, 1.807) is 0 Å². The Morgan fingerprint density at radius 1 is 0.622 bits per heavy atom. The summed E-state index contributed by atoms with van der Waals surface area (Å²) < 4.78 is 0. The summed E-state index contributed by atoms with van der Waals surface area (Å²) in [5.74, 6) is 2.05. The minimum Gasteiger partial charge on any atom is -0.280 e. The molecule has 1 aromatic heterocycles. The highest BCUT2D eigenvalue weighted by Gasteiger charge is 2.37. The second-order valence-electron chi connectivity index (χ2n) is 11.5. The number of aromatic nitrogens is 3. The van der Waals surface area contributed by atoms with E-state index in [2.05, 4.69) is 60.7 Å². The van der Waals surface area contributed by atoms with E-state index in [0.29, 0.717) is 29.8 Å². The van der Waals surface area contributed by atoms with Crippen LogP contribution in [-0.2, 0) is 4.79 Å². The summed E-state index contributed by atoms with van der Waals surface area (Å²) in [7, 11) is 0. The number of fused-ring (bicyclic) bond motifs is 3. The van der Waals surface area contributed by atoms with Gasteiger partial charge in [-0.25, -0.2) is 15.0 Å². The van der Waals surface area contributed by atoms with Gasteiger partial charge < -0.3 is 0 Å². The van der Waals surface area contributed by atoms with E-state index < -0.39 is 0 Å². The molecule has 0 saturated heterocycles. The highest BCUT2D eigenvalue weighted by Crippen LogP contribution is 2.46. The minimum atomic E-state index is -0.204. The van der Waals surface area contributed by atoms with Crippen molar-refractivity contribution in [3.8, 4) is 34.2 Å². The molecule has 8 rings (SSSR count). The van der Waals surface area contributed by atoms with Crippen LogP contribution in [-0.4, -0.2) is 20.9 Å². The first-order chi connectivity index (χ1) is 22.2. The zero-order chi connectivity index (χ0) is 30.2. The Kier molecular flexibility index (Phi) is 6.84. The number of rotatable bonds is 5. The molecule has 0 fully saturated rings. The van der Waals surface area contributed by atoms with Gasteiger partial charge in [-0.2, -0.15) is 0 Å². The highest BCUT2D eigenvalue weighted by molar-refractivity contribution is 6.13. The monoisotopic (exact) mass is 582 g/mol. The molecule has 5 aromatic rings. The van der Waals surface area contributed by atoms with Gasteiger partial charge in [-0.15, -0.1) is 0 Å². The number of amides is 1. The lowest BCUT2D eigenvalue weighted by molar-refractivity contribution is -0.120. The fourth-order valence-corrected chi connectivity index (χ4v) is 6.42. The quantitative estimate of drug-likeness (QED) is 0.207. The summed E-state index contributed by atoms with van der Waals surface area (Å²) in [5.41, 5.74) is 7.96. The van der Waals surface area contributed by atoms with Gasteiger partial charge in [0, 0.05) is 33.9 Å². The van der Waals surface area contributed by atoms with Crippen molar-refractivity contribution < 1.29 is 4.79 Å². The van der Waals surface area contributed by atoms with E-state index in [4.69, 9.17) is 15.0 Å². The average molecular weight is 583 g/mol. The zero-order valence-corrected chi connectivity index (χ0v) is 24.6. The summed E-state index contributed by atoms with van der Waals surface area (Å²) in [6, 6.07) is 34.5. The van der Waals surface area contributed by atoms with Gasteiger partial charge in [0.05, 0.1) is 11.6 Å². The topological polar surface area (TPSA) is 59.0 Å². The molecule has 216 valence electrons. The van der Waals surface area contributed by atoms with Gasteiger partial charge in [0.25, 0.3) is 0 Å². The van der Waals surface area contributed by atoms with Crippen LogP contribution in [0.4, 0.5) is 11.4 Å². The molecule has 5 heteroatoms. The third-order valence-electron chi connectivity index (χ3n) is 8.74. The first kappa shape index (κ1) is 26.9. The molecule has 3 aliphatic rings. The van der Waals surface area contributed by atoms with Gasteiger partial charge in [0.1, 0.15) is 0 Å². The van der Waals surface area contributed by atoms with E-state index in [1.807, 2.05) is 89.8 Å². The predicted molar refractivity (Wildman–Crippen MR) is 181 cm³/mol. The van der Waals surface area contributed by atoms with Crippen LogP contribution in [0.25, 0.3) is 39.7 Å². The largest absolute Gasteiger partial charge is 0.280 e. The van der Waals surface area contributed by atoms with Crippen LogP contribution in [0.1, 0.15) is 29.9 Å². The molecule has 0 saturated carbocycles. The number of hydrogen-bond acceptors (Lipinski definition) is 4. The molecule has 45 heavy (non-hydrogen) atoms. The van der Waals surface area contributed by atoms with Crippen LogP contribution in [0.15, 0.2) is 146 Å². The molecule has 2 unspecified atom stereocenters. The Labute approximate surface area is 262 Å². The number of anilines is 2. The van der Waals surface area contributed by atoms with Crippen molar-refractivity contribution in [2.24, 2.45) is 5.92 Å². The summed E-state index contributed by atoms with van der Waals surface area (Å²) in [4.78, 5) is 30.5. The standard InChI is InChI=1S/C40H30N4O/c45-40-34-19-11-10-18-33(34)35-26-31(27-12-4-1-5-13-27)22-25-36(35)44(40)32-23-20-30(21-24-32)39-42-37(28-14-6-2-7-15-28)41-38(43-39)29-16-8-3-9-17-29/h1-12,14-18,20-27,34H,13,19H2. The van der Waals surface area contributed by atoms with Crippen LogP contribution < -0.4 is 4.90 Å². The maximum atomic E-state index is 14.1. The normalized spacial score (nSPS) is 18.4. The molecule has 0 spiro atoms. The van der Waals surface area contributed by atoms with Crippen molar-refractivity contribution in [1.29, 1.82) is 0 Å². The van der Waals surface area contributed by atoms with Gasteiger partial charge >= 0.3 is 0 Å². The SMILES string of the molecule is O=C1C2CC=CC=C2c2cc(C3C=CC=CC3)ccc2N1c1ccc(-c2nc(-c3ccccc3)nc(-c3ccccc3)n2)cc1. The lowest BCUT2D eigenvalue weighted by Crippen LogP contribution is -2.38. The van der Waals surface area contributed by atoms with Crippen molar-refractivity contribution >= 4 is 22.9 Å². The Morgan fingerprint density at radius 2 is 1.24 bits per heavy atom. The molecule has 2 atom stereocenters. The number of nitrogens with zero attached hydrogens (tertiary/aromatic N) is 4. The lowest BCUT2D eigenvalue weighted by Gasteiger charge is -2.37. The fourth-order valence-electron chi connectivity index (χ4n) is 6.42. The van der Waals surface area contributed by atoms with Crippen molar-refractivity contribution in [3.63, 3.8) is 0 Å². The number of hydrogen-bond donors (Lipinski definition) is 0. The molecule has 2 heterocycles. The summed E-state index contributed by atoms with van der Waals surface area (Å²) in [5, 5.41) is 0. The minimum absolute atomic E-state index is 0.0944. The molecule has 0 N–H and O–H groups in total. The molecule has 4 aromatic carbocycles. The smallest absolute Gasteiger partial charge is 0.239 e. The Hall–Kier alpha value is -5.68. The first-order valence-electron chi connectivity index (χ1n) is 15.4. The van der Waals surface area contributed by atoms with Crippen molar-refractivity contribution in [2.75, 3.05) is 4.90 Å². The Balaban J connectivity index is 1.19. The lowest BCUT2D eigenvalue weighted by atomic mass is 9.79. The average Bonchev–Trinajstić information content (AvgIpc) is 3.13. The van der Waals surface area contributed by atoms with Crippen LogP contribution in [0, 0.1) is 5.92 Å². The molecule has 0 bridgehead atoms. The fraction of sp³-hybridized carbons (Fsp3) is 0.100. The van der Waals surface area contributed by atoms with E-state index in [9.17, 15) is 4.79 Å². The number of carbonyl (C=O) groups excluding carboxylic acids is 1. The molecule has 2 aliphatic carbocycles. The van der Waals surface area contributed by atoms with Crippen LogP contribution in [0.2, 0.25) is 0 Å². The third kappa shape index (κ3) is 5.02. The van der Waals surface area contributed by atoms with Crippen molar-refractivity contribution in [3.05, 3.63) is 157 Å².